The molecule has 0 aliphatic carbocycles. The van der Waals surface area contributed by atoms with E-state index in [1.165, 1.54) is 6.07 Å². The number of phenols is 1. The van der Waals surface area contributed by atoms with Gasteiger partial charge in [0, 0.05) is 22.7 Å². The van der Waals surface area contributed by atoms with Crippen LogP contribution in [0, 0.1) is 12.3 Å². The molecule has 0 aliphatic rings. The summed E-state index contributed by atoms with van der Waals surface area (Å²) in [6, 6.07) is 8.69. The molecule has 0 fully saturated rings. The molecule has 3 N–H and O–H groups in total. The van der Waals surface area contributed by atoms with Crippen molar-refractivity contribution in [2.24, 2.45) is 0 Å². The second kappa shape index (κ2) is 2.97. The molecule has 0 bridgehead atoms. The molecule has 2 aromatic rings. The van der Waals surface area contributed by atoms with Crippen molar-refractivity contribution in [2.75, 3.05) is 5.73 Å². The summed E-state index contributed by atoms with van der Waals surface area (Å²) in [6.45, 7) is 0. The summed E-state index contributed by atoms with van der Waals surface area (Å²) in [5.41, 5.74) is 7.04. The highest BCUT2D eigenvalue weighted by atomic mass is 16.3. The number of nitrogen functional groups attached to an aromatic ring is 1. The standard InChI is InChI=1S/C12H9NO/c1-2-8-4-3-5-9-6-10(14)7-11(13)12(8)9/h1,3-7,14H,13H2. The molecule has 0 heterocycles. The number of hydrogen-bond acceptors (Lipinski definition) is 2. The van der Waals surface area contributed by atoms with Gasteiger partial charge in [0.2, 0.25) is 0 Å². The number of aromatic hydroxyl groups is 1. The van der Waals surface area contributed by atoms with Gasteiger partial charge in [-0.05, 0) is 17.5 Å². The summed E-state index contributed by atoms with van der Waals surface area (Å²) >= 11 is 0. The van der Waals surface area contributed by atoms with E-state index in [1.54, 1.807) is 6.07 Å². The van der Waals surface area contributed by atoms with Gasteiger partial charge in [-0.2, -0.15) is 0 Å². The van der Waals surface area contributed by atoms with Crippen molar-refractivity contribution in [1.82, 2.24) is 0 Å². The van der Waals surface area contributed by atoms with Gasteiger partial charge in [-0.15, -0.1) is 6.42 Å². The van der Waals surface area contributed by atoms with Gasteiger partial charge in [-0.3, -0.25) is 0 Å². The lowest BCUT2D eigenvalue weighted by Gasteiger charge is -2.05. The summed E-state index contributed by atoms with van der Waals surface area (Å²) in [6.07, 6.45) is 5.35. The Morgan fingerprint density at radius 1 is 1.29 bits per heavy atom. The van der Waals surface area contributed by atoms with Crippen LogP contribution >= 0.6 is 0 Å². The number of fused-ring (bicyclic) bond motifs is 1. The first-order valence-electron chi connectivity index (χ1n) is 4.20. The summed E-state index contributed by atoms with van der Waals surface area (Å²) in [7, 11) is 0. The minimum atomic E-state index is 0.157. The third-order valence-electron chi connectivity index (χ3n) is 2.15. The quantitative estimate of drug-likeness (QED) is 0.485. The molecule has 0 atom stereocenters. The van der Waals surface area contributed by atoms with Gasteiger partial charge in [-0.1, -0.05) is 18.1 Å². The molecular formula is C12H9NO. The monoisotopic (exact) mass is 183 g/mol. The molecule has 0 radical (unpaired) electrons. The predicted octanol–water partition coefficient (Wildman–Crippen LogP) is 2.11. The van der Waals surface area contributed by atoms with Crippen LogP contribution in [-0.4, -0.2) is 5.11 Å². The van der Waals surface area contributed by atoms with E-state index in [4.69, 9.17) is 12.2 Å². The van der Waals surface area contributed by atoms with E-state index in [0.717, 1.165) is 16.3 Å². The van der Waals surface area contributed by atoms with Crippen LogP contribution in [0.2, 0.25) is 0 Å². The van der Waals surface area contributed by atoms with Gasteiger partial charge in [0.05, 0.1) is 0 Å². The smallest absolute Gasteiger partial charge is 0.118 e. The van der Waals surface area contributed by atoms with Crippen LogP contribution in [-0.2, 0) is 0 Å². The Morgan fingerprint density at radius 2 is 2.07 bits per heavy atom. The number of rotatable bonds is 0. The summed E-state index contributed by atoms with van der Waals surface area (Å²) < 4.78 is 0. The topological polar surface area (TPSA) is 46.2 Å². The second-order valence-electron chi connectivity index (χ2n) is 3.08. The van der Waals surface area contributed by atoms with E-state index in [9.17, 15) is 5.11 Å². The van der Waals surface area contributed by atoms with Gasteiger partial charge in [0.25, 0.3) is 0 Å². The van der Waals surface area contributed by atoms with Crippen LogP contribution in [0.25, 0.3) is 10.8 Å². The van der Waals surface area contributed by atoms with Crippen LogP contribution in [0.5, 0.6) is 5.75 Å². The Hall–Kier alpha value is -2.14. The Kier molecular flexibility index (Phi) is 1.79. The zero-order valence-electron chi connectivity index (χ0n) is 7.49. The Bertz CT molecular complexity index is 538. The van der Waals surface area contributed by atoms with E-state index in [2.05, 4.69) is 5.92 Å². The molecule has 0 amide bonds. The molecule has 2 nitrogen and oxygen atoms in total. The van der Waals surface area contributed by atoms with Gasteiger partial charge >= 0.3 is 0 Å². The molecule has 0 unspecified atom stereocenters. The molecule has 14 heavy (non-hydrogen) atoms. The van der Waals surface area contributed by atoms with Crippen molar-refractivity contribution in [2.45, 2.75) is 0 Å². The Labute approximate surface area is 82.0 Å². The lowest BCUT2D eigenvalue weighted by molar-refractivity contribution is 0.476. The maximum atomic E-state index is 9.34. The van der Waals surface area contributed by atoms with E-state index in [-0.39, 0.29) is 5.75 Å². The number of benzene rings is 2. The largest absolute Gasteiger partial charge is 0.508 e. The lowest BCUT2D eigenvalue weighted by Crippen LogP contribution is -1.89. The number of terminal acetylenes is 1. The third-order valence-corrected chi connectivity index (χ3v) is 2.15. The third kappa shape index (κ3) is 1.16. The highest BCUT2D eigenvalue weighted by molar-refractivity contribution is 5.98. The number of anilines is 1. The Balaban J connectivity index is 2.96. The highest BCUT2D eigenvalue weighted by Crippen LogP contribution is 2.28. The van der Waals surface area contributed by atoms with Crippen molar-refractivity contribution < 1.29 is 5.11 Å². The van der Waals surface area contributed by atoms with Gasteiger partial charge in [-0.25, -0.2) is 0 Å². The van der Waals surface area contributed by atoms with Crippen LogP contribution in [0.15, 0.2) is 30.3 Å². The fourth-order valence-corrected chi connectivity index (χ4v) is 1.57. The van der Waals surface area contributed by atoms with Crippen LogP contribution < -0.4 is 5.73 Å². The molecule has 2 aromatic carbocycles. The lowest BCUT2D eigenvalue weighted by atomic mass is 10.0. The number of nitrogens with two attached hydrogens (primary N) is 1. The molecule has 0 saturated heterocycles. The van der Waals surface area contributed by atoms with E-state index in [1.807, 2.05) is 18.2 Å². The molecule has 2 heteroatoms. The van der Waals surface area contributed by atoms with Crippen molar-refractivity contribution in [3.05, 3.63) is 35.9 Å². The molecule has 68 valence electrons. The predicted molar refractivity (Wildman–Crippen MR) is 58.0 cm³/mol. The van der Waals surface area contributed by atoms with Crippen molar-refractivity contribution in [3.8, 4) is 18.1 Å². The summed E-state index contributed by atoms with van der Waals surface area (Å²) in [4.78, 5) is 0. The summed E-state index contributed by atoms with van der Waals surface area (Å²) in [5.74, 6) is 2.73. The Morgan fingerprint density at radius 3 is 2.79 bits per heavy atom. The second-order valence-corrected chi connectivity index (χ2v) is 3.08. The van der Waals surface area contributed by atoms with Crippen LogP contribution in [0.4, 0.5) is 5.69 Å². The normalized spacial score (nSPS) is 9.93. The molecule has 0 spiro atoms. The van der Waals surface area contributed by atoms with Crippen LogP contribution in [0.3, 0.4) is 0 Å². The van der Waals surface area contributed by atoms with E-state index in [0.29, 0.717) is 5.69 Å². The number of hydrogen-bond donors (Lipinski definition) is 2. The average Bonchev–Trinajstić information content (AvgIpc) is 2.16. The molecule has 0 aliphatic heterocycles. The van der Waals surface area contributed by atoms with E-state index < -0.39 is 0 Å². The molecule has 2 rings (SSSR count). The minimum Gasteiger partial charge on any atom is -0.508 e. The zero-order valence-corrected chi connectivity index (χ0v) is 7.49. The highest BCUT2D eigenvalue weighted by Gasteiger charge is 2.03. The van der Waals surface area contributed by atoms with Gasteiger partial charge in [0.1, 0.15) is 5.75 Å². The minimum absolute atomic E-state index is 0.157. The molecule has 0 saturated carbocycles. The maximum absolute atomic E-state index is 9.34. The van der Waals surface area contributed by atoms with Gasteiger partial charge < -0.3 is 10.8 Å². The SMILES string of the molecule is C#Cc1cccc2cc(O)cc(N)c12. The van der Waals surface area contributed by atoms with Crippen LogP contribution in [0.1, 0.15) is 5.56 Å². The number of phenolic OH excluding ortho intramolecular Hbond substituents is 1. The van der Waals surface area contributed by atoms with Crippen molar-refractivity contribution >= 4 is 16.5 Å². The first kappa shape index (κ1) is 8.46. The fourth-order valence-electron chi connectivity index (χ4n) is 1.57. The molecule has 0 aromatic heterocycles. The summed E-state index contributed by atoms with van der Waals surface area (Å²) in [5, 5.41) is 11.0. The average molecular weight is 183 g/mol. The fraction of sp³-hybridized carbons (Fsp3) is 0. The molecular weight excluding hydrogens is 174 g/mol. The maximum Gasteiger partial charge on any atom is 0.118 e. The van der Waals surface area contributed by atoms with E-state index >= 15 is 0 Å². The first-order chi connectivity index (χ1) is 6.72. The zero-order chi connectivity index (χ0) is 10.1. The van der Waals surface area contributed by atoms with Crippen molar-refractivity contribution in [1.29, 1.82) is 0 Å². The van der Waals surface area contributed by atoms with Crippen molar-refractivity contribution in [3.63, 3.8) is 0 Å². The van der Waals surface area contributed by atoms with Gasteiger partial charge in [0.15, 0.2) is 0 Å². The first-order valence-corrected chi connectivity index (χ1v) is 4.20.